The van der Waals surface area contributed by atoms with Crippen molar-refractivity contribution in [1.29, 1.82) is 5.26 Å². The Morgan fingerprint density at radius 3 is 1.78 bits per heavy atom. The molecule has 1 aromatic rings. The van der Waals surface area contributed by atoms with E-state index in [1.54, 1.807) is 50.2 Å². The molecule has 1 aromatic carbocycles. The summed E-state index contributed by atoms with van der Waals surface area (Å²) in [6.07, 6.45) is -6.98. The fourth-order valence-electron chi connectivity index (χ4n) is 7.42. The number of rotatable bonds is 14. The van der Waals surface area contributed by atoms with E-state index in [1.165, 1.54) is 25.9 Å². The van der Waals surface area contributed by atoms with Gasteiger partial charge in [0.2, 0.25) is 29.5 Å². The Morgan fingerprint density at radius 2 is 1.24 bits per heavy atom. The van der Waals surface area contributed by atoms with Crippen molar-refractivity contribution in [3.63, 3.8) is 0 Å². The maximum absolute atomic E-state index is 14.6. The Morgan fingerprint density at radius 1 is 0.730 bits per heavy atom. The number of likely N-dealkylation sites (N-methyl/N-ethyl adjacent to an activating group) is 3. The van der Waals surface area contributed by atoms with E-state index < -0.39 is 103 Å². The van der Waals surface area contributed by atoms with Crippen LogP contribution in [0.1, 0.15) is 112 Å². The minimum atomic E-state index is -5.00. The molecule has 352 valence electrons. The summed E-state index contributed by atoms with van der Waals surface area (Å²) in [5.41, 5.74) is 0.680. The molecule has 0 bridgehead atoms. The van der Waals surface area contributed by atoms with E-state index in [1.807, 2.05) is 27.7 Å². The third-order valence-corrected chi connectivity index (χ3v) is 11.2. The van der Waals surface area contributed by atoms with E-state index in [0.717, 1.165) is 29.7 Å². The molecule has 1 saturated heterocycles. The molecule has 0 aromatic heterocycles. The van der Waals surface area contributed by atoms with Crippen LogP contribution in [0.25, 0.3) is 0 Å². The Hall–Kier alpha value is -5.21. The van der Waals surface area contributed by atoms with Gasteiger partial charge in [0, 0.05) is 40.4 Å². The van der Waals surface area contributed by atoms with Crippen LogP contribution >= 0.6 is 0 Å². The molecule has 18 heteroatoms. The van der Waals surface area contributed by atoms with Crippen LogP contribution in [0.5, 0.6) is 0 Å². The molecule has 6 amide bonds. The fraction of sp³-hybridized carbons (Fsp3) is 0.689. The van der Waals surface area contributed by atoms with Crippen LogP contribution in [0.15, 0.2) is 30.3 Å². The molecular weight excluding hydrogens is 824 g/mol. The quantitative estimate of drug-likeness (QED) is 0.222. The molecule has 2 rings (SSSR count). The predicted octanol–water partition coefficient (Wildman–Crippen LogP) is 4.67. The van der Waals surface area contributed by atoms with Gasteiger partial charge in [-0.15, -0.1) is 0 Å². The third-order valence-electron chi connectivity index (χ3n) is 11.2. The van der Waals surface area contributed by atoms with E-state index in [9.17, 15) is 52.0 Å². The van der Waals surface area contributed by atoms with Gasteiger partial charge in [0.1, 0.15) is 36.3 Å². The molecule has 0 radical (unpaired) electrons. The number of hydrogen-bond acceptors (Lipinski definition) is 9. The molecule has 1 aliphatic rings. The summed E-state index contributed by atoms with van der Waals surface area (Å²) in [6, 6.07) is 1.81. The molecule has 0 aliphatic carbocycles. The van der Waals surface area contributed by atoms with Crippen LogP contribution in [0.2, 0.25) is 0 Å². The van der Waals surface area contributed by atoms with Gasteiger partial charge in [0.25, 0.3) is 5.91 Å². The number of unbranched alkanes of at least 4 members (excludes halogenated alkanes) is 1. The summed E-state index contributed by atoms with van der Waals surface area (Å²) in [4.78, 5) is 102. The average molecular weight is 892 g/mol. The van der Waals surface area contributed by atoms with Crippen LogP contribution in [-0.4, -0.2) is 126 Å². The van der Waals surface area contributed by atoms with Crippen LogP contribution in [-0.2, 0) is 44.7 Å². The Bertz CT molecular complexity index is 1760. The van der Waals surface area contributed by atoms with Crippen molar-refractivity contribution in [2.75, 3.05) is 21.1 Å². The zero-order chi connectivity index (χ0) is 47.8. The molecule has 1 heterocycles. The van der Waals surface area contributed by atoms with E-state index in [4.69, 9.17) is 4.74 Å². The largest absolute Gasteiger partial charge is 0.451 e. The summed E-state index contributed by atoms with van der Waals surface area (Å²) in [5, 5.41) is 17.0. The minimum Gasteiger partial charge on any atom is -0.451 e. The number of amides is 6. The monoisotopic (exact) mass is 892 g/mol. The van der Waals surface area contributed by atoms with E-state index in [2.05, 4.69) is 16.0 Å². The Labute approximate surface area is 370 Å². The summed E-state index contributed by atoms with van der Waals surface area (Å²) in [5.74, 6) is -7.25. The van der Waals surface area contributed by atoms with Gasteiger partial charge in [-0.25, -0.2) is 4.79 Å². The summed E-state index contributed by atoms with van der Waals surface area (Å²) in [7, 11) is 3.82. The SMILES string of the molecule is CCCC[C@@H](C)CC1NC(=O)[C@H](Cc2ccccc2)N(C)C(=O)C(CC(C)C)NC(=O)C(CC(C)C)N(C)C(=O)C(CC(F)(F)F)NC(=O)C(CCC#N)OC(=O)C(C)N(C)C1=O. The van der Waals surface area contributed by atoms with Crippen LogP contribution in [0.3, 0.4) is 0 Å². The van der Waals surface area contributed by atoms with Gasteiger partial charge >= 0.3 is 12.1 Å². The maximum atomic E-state index is 14.6. The van der Waals surface area contributed by atoms with Gasteiger partial charge in [0.05, 0.1) is 12.5 Å². The third kappa shape index (κ3) is 17.1. The zero-order valence-electron chi connectivity index (χ0n) is 38.4. The van der Waals surface area contributed by atoms with Crippen LogP contribution < -0.4 is 16.0 Å². The molecule has 0 spiro atoms. The number of nitrogens with one attached hydrogen (secondary N) is 3. The second kappa shape index (κ2) is 25.2. The van der Waals surface area contributed by atoms with Crippen molar-refractivity contribution in [3.8, 4) is 6.07 Å². The van der Waals surface area contributed by atoms with E-state index in [0.29, 0.717) is 12.0 Å². The van der Waals surface area contributed by atoms with Gasteiger partial charge < -0.3 is 35.4 Å². The molecular formula is C45H68F3N7O8. The van der Waals surface area contributed by atoms with Gasteiger partial charge in [-0.05, 0) is 49.5 Å². The first kappa shape index (κ1) is 53.9. The van der Waals surface area contributed by atoms with Crippen LogP contribution in [0, 0.1) is 29.1 Å². The number of nitrogens with zero attached hydrogens (tertiary/aromatic N) is 4. The maximum Gasteiger partial charge on any atom is 0.391 e. The predicted molar refractivity (Wildman–Crippen MR) is 229 cm³/mol. The molecule has 3 N–H and O–H groups in total. The van der Waals surface area contributed by atoms with Gasteiger partial charge in [-0.1, -0.05) is 91.1 Å². The van der Waals surface area contributed by atoms with Crippen LogP contribution in [0.4, 0.5) is 13.2 Å². The number of alkyl halides is 3. The highest BCUT2D eigenvalue weighted by Crippen LogP contribution is 2.25. The first-order chi connectivity index (χ1) is 29.4. The molecule has 15 nitrogen and oxygen atoms in total. The van der Waals surface area contributed by atoms with Crippen molar-refractivity contribution in [1.82, 2.24) is 30.7 Å². The van der Waals surface area contributed by atoms with E-state index in [-0.39, 0.29) is 49.9 Å². The molecule has 8 atom stereocenters. The topological polar surface area (TPSA) is 198 Å². The van der Waals surface area contributed by atoms with Gasteiger partial charge in [0.15, 0.2) is 6.10 Å². The molecule has 1 fully saturated rings. The summed E-state index contributed by atoms with van der Waals surface area (Å²) >= 11 is 0. The van der Waals surface area contributed by atoms with Crippen molar-refractivity contribution in [2.24, 2.45) is 17.8 Å². The molecule has 0 saturated carbocycles. The highest BCUT2D eigenvalue weighted by atomic mass is 19.4. The number of ether oxygens (including phenoxy) is 1. The lowest BCUT2D eigenvalue weighted by molar-refractivity contribution is -0.166. The van der Waals surface area contributed by atoms with E-state index >= 15 is 0 Å². The fourth-order valence-corrected chi connectivity index (χ4v) is 7.42. The number of nitriles is 1. The number of carbonyl (C=O) groups excluding carboxylic acids is 7. The number of halogens is 3. The smallest absolute Gasteiger partial charge is 0.391 e. The van der Waals surface area contributed by atoms with Crippen molar-refractivity contribution in [3.05, 3.63) is 35.9 Å². The number of benzene rings is 1. The molecule has 6 unspecified atom stereocenters. The highest BCUT2D eigenvalue weighted by molar-refractivity contribution is 5.97. The summed E-state index contributed by atoms with van der Waals surface area (Å²) < 4.78 is 47.8. The first-order valence-corrected chi connectivity index (χ1v) is 21.8. The Kier molecular flexibility index (Phi) is 21.6. The normalized spacial score (nSPS) is 25.0. The summed E-state index contributed by atoms with van der Waals surface area (Å²) in [6.45, 7) is 12.3. The number of esters is 1. The lowest BCUT2D eigenvalue weighted by atomic mass is 9.94. The van der Waals surface area contributed by atoms with Gasteiger partial charge in [-0.2, -0.15) is 18.4 Å². The number of hydrogen-bond donors (Lipinski definition) is 3. The van der Waals surface area contributed by atoms with Gasteiger partial charge in [-0.3, -0.25) is 28.8 Å². The minimum absolute atomic E-state index is 0.00104. The lowest BCUT2D eigenvalue weighted by Gasteiger charge is -2.35. The van der Waals surface area contributed by atoms with Crippen molar-refractivity contribution in [2.45, 2.75) is 161 Å². The lowest BCUT2D eigenvalue weighted by Crippen LogP contribution is -2.60. The first-order valence-electron chi connectivity index (χ1n) is 21.8. The number of carbonyl (C=O) groups is 7. The Balaban J connectivity index is 2.90. The second-order valence-corrected chi connectivity index (χ2v) is 17.6. The molecule has 1 aliphatic heterocycles. The highest BCUT2D eigenvalue weighted by Gasteiger charge is 2.43. The van der Waals surface area contributed by atoms with Crippen molar-refractivity contribution < 1.29 is 51.5 Å². The standard InChI is InChI=1S/C45H68F3N7O8/c1-11-12-17-29(6)24-33-41(59)53(8)30(7)44(62)63-37(20-16-21-49)40(58)52-34(26-45(46,47)48)43(61)54(9)35(23-28(4)5)38(56)50-32(22-27(2)3)42(60)55(10)36(39(57)51-33)25-31-18-14-13-15-19-31/h13-15,18-19,27-30,32-37H,11-12,16-17,20,22-26H2,1-10H3,(H,50,56)(H,51,57)(H,52,58)/t29-,30?,32?,33?,34?,35?,36+,37?/m1/s1. The molecule has 63 heavy (non-hydrogen) atoms. The zero-order valence-corrected chi connectivity index (χ0v) is 38.4. The van der Waals surface area contributed by atoms with Crippen molar-refractivity contribution >= 4 is 41.4 Å². The average Bonchev–Trinajstić information content (AvgIpc) is 3.21. The number of cyclic esters (lactones) is 1. The second-order valence-electron chi connectivity index (χ2n) is 17.6.